The van der Waals surface area contributed by atoms with Gasteiger partial charge in [-0.1, -0.05) is 152 Å². The molecule has 1 heteroatoms. The number of thiophene rings is 1. The van der Waals surface area contributed by atoms with Crippen LogP contribution >= 0.6 is 11.3 Å². The average molecular weight is 637 g/mol. The first-order valence-corrected chi connectivity index (χ1v) is 17.8. The highest BCUT2D eigenvalue weighted by atomic mass is 32.1. The summed E-state index contributed by atoms with van der Waals surface area (Å²) in [5.74, 6) is 0. The van der Waals surface area contributed by atoms with E-state index in [-0.39, 0.29) is 0 Å². The fourth-order valence-electron chi connectivity index (χ4n) is 8.59. The van der Waals surface area contributed by atoms with Gasteiger partial charge in [0.15, 0.2) is 0 Å². The molecule has 0 fully saturated rings. The molecule has 11 aromatic rings. The van der Waals surface area contributed by atoms with Crippen molar-refractivity contribution < 1.29 is 0 Å². The molecule has 0 unspecified atom stereocenters. The Morgan fingerprint density at radius 3 is 1.57 bits per heavy atom. The molecule has 226 valence electrons. The van der Waals surface area contributed by atoms with Crippen LogP contribution in [0.5, 0.6) is 0 Å². The lowest BCUT2D eigenvalue weighted by Gasteiger charge is -2.19. The van der Waals surface area contributed by atoms with Crippen LogP contribution in [0.4, 0.5) is 0 Å². The summed E-state index contributed by atoms with van der Waals surface area (Å²) in [5.41, 5.74) is 5.12. The first-order valence-electron chi connectivity index (χ1n) is 16.9. The summed E-state index contributed by atoms with van der Waals surface area (Å²) in [4.78, 5) is 0. The van der Waals surface area contributed by atoms with Gasteiger partial charge in [0, 0.05) is 20.2 Å². The molecular weight excluding hydrogens is 609 g/mol. The lowest BCUT2D eigenvalue weighted by atomic mass is 9.84. The SMILES string of the molecule is c1ccc2c(-c3c4ccccc4c(-c4ccc5c(c4)c4ccccc4c4c5ccc5sc6ccccc6c54)c4ccccc34)cccc2c1. The van der Waals surface area contributed by atoms with Gasteiger partial charge in [-0.15, -0.1) is 11.3 Å². The molecule has 1 aromatic heterocycles. The van der Waals surface area contributed by atoms with E-state index in [0.29, 0.717) is 0 Å². The Hall–Kier alpha value is -6.02. The van der Waals surface area contributed by atoms with Crippen molar-refractivity contribution in [3.05, 3.63) is 170 Å². The van der Waals surface area contributed by atoms with Crippen LogP contribution in [0.15, 0.2) is 170 Å². The predicted octanol–water partition coefficient (Wildman–Crippen LogP) is 14.3. The van der Waals surface area contributed by atoms with Crippen LogP contribution in [-0.4, -0.2) is 0 Å². The topological polar surface area (TPSA) is 0 Å². The van der Waals surface area contributed by atoms with Gasteiger partial charge < -0.3 is 0 Å². The highest BCUT2D eigenvalue weighted by Gasteiger charge is 2.20. The molecule has 11 rings (SSSR count). The van der Waals surface area contributed by atoms with E-state index < -0.39 is 0 Å². The van der Waals surface area contributed by atoms with E-state index in [0.717, 1.165) is 0 Å². The molecular formula is C48H28S. The predicted molar refractivity (Wildman–Crippen MR) is 215 cm³/mol. The number of hydrogen-bond acceptors (Lipinski definition) is 1. The van der Waals surface area contributed by atoms with Gasteiger partial charge in [-0.25, -0.2) is 0 Å². The van der Waals surface area contributed by atoms with Crippen molar-refractivity contribution in [2.24, 2.45) is 0 Å². The van der Waals surface area contributed by atoms with Crippen molar-refractivity contribution in [3.63, 3.8) is 0 Å². The second kappa shape index (κ2) is 10.2. The van der Waals surface area contributed by atoms with Crippen LogP contribution in [0.2, 0.25) is 0 Å². The van der Waals surface area contributed by atoms with Crippen molar-refractivity contribution >= 4 is 96.1 Å². The minimum atomic E-state index is 1.25. The van der Waals surface area contributed by atoms with Crippen LogP contribution < -0.4 is 0 Å². The Bertz CT molecular complexity index is 3080. The molecule has 0 aliphatic carbocycles. The lowest BCUT2D eigenvalue weighted by molar-refractivity contribution is 1.69. The van der Waals surface area contributed by atoms with Crippen LogP contribution in [0.1, 0.15) is 0 Å². The molecule has 0 saturated heterocycles. The molecule has 0 spiro atoms. The standard InChI is InChI=1S/C48H28S/c1-2-14-31-29(12-1)13-11-22-34(31)46-38-19-7-5-17-36(38)45(37-18-6-8-20-39(37)46)30-24-25-33-40-26-27-44-48(41-21-9-10-23-43(41)49-44)47(40)35-16-4-3-15-32(35)42(33)28-30/h1-28H. The van der Waals surface area contributed by atoms with Gasteiger partial charge in [0.25, 0.3) is 0 Å². The monoisotopic (exact) mass is 636 g/mol. The van der Waals surface area contributed by atoms with E-state index in [1.807, 2.05) is 11.3 Å². The Morgan fingerprint density at radius 1 is 0.286 bits per heavy atom. The average Bonchev–Trinajstić information content (AvgIpc) is 3.55. The smallest absolute Gasteiger partial charge is 0.0362 e. The van der Waals surface area contributed by atoms with Crippen molar-refractivity contribution in [3.8, 4) is 22.3 Å². The van der Waals surface area contributed by atoms with Crippen molar-refractivity contribution in [1.29, 1.82) is 0 Å². The van der Waals surface area contributed by atoms with Crippen molar-refractivity contribution in [1.82, 2.24) is 0 Å². The van der Waals surface area contributed by atoms with Gasteiger partial charge in [-0.3, -0.25) is 0 Å². The quantitative estimate of drug-likeness (QED) is 0.131. The van der Waals surface area contributed by atoms with Gasteiger partial charge in [-0.2, -0.15) is 0 Å². The van der Waals surface area contributed by atoms with E-state index in [9.17, 15) is 0 Å². The van der Waals surface area contributed by atoms with Crippen LogP contribution in [0, 0.1) is 0 Å². The van der Waals surface area contributed by atoms with E-state index in [2.05, 4.69) is 170 Å². The molecule has 0 amide bonds. The minimum absolute atomic E-state index is 1.25. The van der Waals surface area contributed by atoms with Gasteiger partial charge in [-0.05, 0) is 105 Å². The first kappa shape index (κ1) is 27.0. The first-order chi connectivity index (χ1) is 24.3. The van der Waals surface area contributed by atoms with E-state index in [1.54, 1.807) is 0 Å². The van der Waals surface area contributed by atoms with Crippen LogP contribution in [0.3, 0.4) is 0 Å². The van der Waals surface area contributed by atoms with Gasteiger partial charge in [0.1, 0.15) is 0 Å². The summed E-state index contributed by atoms with van der Waals surface area (Å²) in [6.07, 6.45) is 0. The number of rotatable bonds is 2. The van der Waals surface area contributed by atoms with Crippen LogP contribution in [-0.2, 0) is 0 Å². The zero-order valence-corrected chi connectivity index (χ0v) is 27.4. The molecule has 0 atom stereocenters. The van der Waals surface area contributed by atoms with Gasteiger partial charge >= 0.3 is 0 Å². The minimum Gasteiger partial charge on any atom is -0.135 e. The number of hydrogen-bond donors (Lipinski definition) is 0. The van der Waals surface area contributed by atoms with E-state index in [4.69, 9.17) is 0 Å². The molecule has 1 heterocycles. The second-order valence-electron chi connectivity index (χ2n) is 13.1. The summed E-state index contributed by atoms with van der Waals surface area (Å²) in [5, 5.41) is 18.3. The molecule has 0 bridgehead atoms. The fourth-order valence-corrected chi connectivity index (χ4v) is 9.70. The Labute approximate surface area is 287 Å². The van der Waals surface area contributed by atoms with Crippen molar-refractivity contribution in [2.45, 2.75) is 0 Å². The third kappa shape index (κ3) is 3.79. The molecule has 0 nitrogen and oxygen atoms in total. The number of benzene rings is 10. The lowest BCUT2D eigenvalue weighted by Crippen LogP contribution is -1.92. The molecule has 0 aliphatic heterocycles. The second-order valence-corrected chi connectivity index (χ2v) is 14.2. The molecule has 0 aliphatic rings. The molecule has 0 radical (unpaired) electrons. The zero-order chi connectivity index (χ0) is 32.1. The maximum atomic E-state index is 2.46. The zero-order valence-electron chi connectivity index (χ0n) is 26.6. The summed E-state index contributed by atoms with van der Waals surface area (Å²) < 4.78 is 2.69. The highest BCUT2D eigenvalue weighted by Crippen LogP contribution is 2.48. The van der Waals surface area contributed by atoms with Gasteiger partial charge in [0.05, 0.1) is 0 Å². The highest BCUT2D eigenvalue weighted by molar-refractivity contribution is 7.26. The summed E-state index contributed by atoms with van der Waals surface area (Å²) in [7, 11) is 0. The van der Waals surface area contributed by atoms with Crippen LogP contribution in [0.25, 0.3) is 107 Å². The summed E-state index contributed by atoms with van der Waals surface area (Å²) >= 11 is 1.89. The molecule has 49 heavy (non-hydrogen) atoms. The van der Waals surface area contributed by atoms with Gasteiger partial charge in [0.2, 0.25) is 0 Å². The van der Waals surface area contributed by atoms with E-state index in [1.165, 1.54) is 107 Å². The number of fused-ring (bicyclic) bond motifs is 13. The third-order valence-corrected chi connectivity index (χ3v) is 11.8. The summed E-state index contributed by atoms with van der Waals surface area (Å²) in [6, 6.07) is 63.2. The Balaban J connectivity index is 1.26. The molecule has 0 saturated carbocycles. The fraction of sp³-hybridized carbons (Fsp3) is 0. The maximum Gasteiger partial charge on any atom is 0.0362 e. The normalized spacial score (nSPS) is 12.1. The third-order valence-electron chi connectivity index (χ3n) is 10.6. The largest absolute Gasteiger partial charge is 0.135 e. The molecule has 0 N–H and O–H groups in total. The molecule has 10 aromatic carbocycles. The summed E-state index contributed by atoms with van der Waals surface area (Å²) in [6.45, 7) is 0. The van der Waals surface area contributed by atoms with Crippen molar-refractivity contribution in [2.75, 3.05) is 0 Å². The Kier molecular flexibility index (Phi) is 5.64. The maximum absolute atomic E-state index is 2.46. The van der Waals surface area contributed by atoms with E-state index >= 15 is 0 Å². The Morgan fingerprint density at radius 2 is 0.816 bits per heavy atom.